The van der Waals surface area contributed by atoms with E-state index in [1.54, 1.807) is 6.20 Å². The molecule has 1 aliphatic heterocycles. The van der Waals surface area contributed by atoms with Crippen molar-refractivity contribution in [1.82, 2.24) is 10.3 Å². The van der Waals surface area contributed by atoms with Gasteiger partial charge < -0.3 is 14.6 Å². The van der Waals surface area contributed by atoms with Crippen molar-refractivity contribution in [3.8, 4) is 11.3 Å². The van der Waals surface area contributed by atoms with Crippen LogP contribution in [0.25, 0.3) is 11.3 Å². The maximum atomic E-state index is 12.2. The largest absolute Gasteiger partial charge is 0.441 e. The van der Waals surface area contributed by atoms with E-state index in [4.69, 9.17) is 4.42 Å². The van der Waals surface area contributed by atoms with Gasteiger partial charge in [0.25, 0.3) is 0 Å². The van der Waals surface area contributed by atoms with Crippen LogP contribution in [0.5, 0.6) is 0 Å². The lowest BCUT2D eigenvalue weighted by Gasteiger charge is -2.16. The second kappa shape index (κ2) is 8.73. The molecular formula is C23H23N3O3. The third-order valence-corrected chi connectivity index (χ3v) is 4.99. The van der Waals surface area contributed by atoms with Gasteiger partial charge in [0.2, 0.25) is 11.8 Å². The number of hydrogen-bond acceptors (Lipinski definition) is 4. The van der Waals surface area contributed by atoms with Crippen molar-refractivity contribution >= 4 is 17.5 Å². The van der Waals surface area contributed by atoms with Gasteiger partial charge in [-0.2, -0.15) is 0 Å². The van der Waals surface area contributed by atoms with E-state index in [9.17, 15) is 9.59 Å². The maximum Gasteiger partial charge on any atom is 0.227 e. The minimum atomic E-state index is -0.0525. The van der Waals surface area contributed by atoms with Gasteiger partial charge in [0.15, 0.2) is 11.7 Å². The number of rotatable bonds is 7. The van der Waals surface area contributed by atoms with E-state index >= 15 is 0 Å². The highest BCUT2D eigenvalue weighted by Crippen LogP contribution is 2.22. The van der Waals surface area contributed by atoms with Crippen molar-refractivity contribution in [1.29, 1.82) is 0 Å². The summed E-state index contributed by atoms with van der Waals surface area (Å²) in [5.41, 5.74) is 2.88. The first kappa shape index (κ1) is 18.9. The second-order valence-corrected chi connectivity index (χ2v) is 7.08. The van der Waals surface area contributed by atoms with Gasteiger partial charge in [-0.25, -0.2) is 4.98 Å². The van der Waals surface area contributed by atoms with Gasteiger partial charge in [0.05, 0.1) is 6.20 Å². The number of carbonyl (C=O) groups is 2. The zero-order chi connectivity index (χ0) is 20.1. The Morgan fingerprint density at radius 1 is 1.10 bits per heavy atom. The Balaban J connectivity index is 1.24. The first-order valence-electron chi connectivity index (χ1n) is 9.85. The minimum Gasteiger partial charge on any atom is -0.441 e. The Morgan fingerprint density at radius 2 is 1.90 bits per heavy atom. The standard InChI is InChI=1S/C23H23N3O3/c27-21(12-13-22-25-16-20(29-22)18-5-2-1-3-6-18)24-15-17-8-10-19(11-9-17)26-14-4-7-23(26)28/h1-3,5-6,8-11,16H,4,7,12-15H2,(H,24,27). The van der Waals surface area contributed by atoms with Gasteiger partial charge in [-0.15, -0.1) is 0 Å². The summed E-state index contributed by atoms with van der Waals surface area (Å²) in [6, 6.07) is 17.5. The smallest absolute Gasteiger partial charge is 0.227 e. The van der Waals surface area contributed by atoms with Crippen LogP contribution in [0.3, 0.4) is 0 Å². The van der Waals surface area contributed by atoms with E-state index < -0.39 is 0 Å². The van der Waals surface area contributed by atoms with Gasteiger partial charge in [0.1, 0.15) is 0 Å². The van der Waals surface area contributed by atoms with E-state index in [0.717, 1.165) is 29.8 Å². The molecule has 4 rings (SSSR count). The number of oxazole rings is 1. The van der Waals surface area contributed by atoms with Crippen LogP contribution in [0, 0.1) is 0 Å². The van der Waals surface area contributed by atoms with Crippen LogP contribution in [0.2, 0.25) is 0 Å². The van der Waals surface area contributed by atoms with Gasteiger partial charge in [0, 0.05) is 43.6 Å². The number of amides is 2. The molecule has 6 heteroatoms. The fraction of sp³-hybridized carbons (Fsp3) is 0.261. The second-order valence-electron chi connectivity index (χ2n) is 7.08. The van der Waals surface area contributed by atoms with Crippen LogP contribution in [0.1, 0.15) is 30.7 Å². The molecule has 2 amide bonds. The SMILES string of the molecule is O=C(CCc1ncc(-c2ccccc2)o1)NCc1ccc(N2CCCC2=O)cc1. The van der Waals surface area contributed by atoms with Crippen LogP contribution in [0.15, 0.2) is 65.2 Å². The third kappa shape index (κ3) is 4.71. The Bertz CT molecular complexity index is 980. The highest BCUT2D eigenvalue weighted by atomic mass is 16.4. The fourth-order valence-corrected chi connectivity index (χ4v) is 3.39. The number of benzene rings is 2. The van der Waals surface area contributed by atoms with Crippen molar-refractivity contribution in [3.63, 3.8) is 0 Å². The fourth-order valence-electron chi connectivity index (χ4n) is 3.39. The molecule has 148 valence electrons. The van der Waals surface area contributed by atoms with Crippen LogP contribution < -0.4 is 10.2 Å². The molecule has 29 heavy (non-hydrogen) atoms. The van der Waals surface area contributed by atoms with Crippen LogP contribution >= 0.6 is 0 Å². The number of hydrogen-bond donors (Lipinski definition) is 1. The molecular weight excluding hydrogens is 366 g/mol. The Kier molecular flexibility index (Phi) is 5.70. The number of carbonyl (C=O) groups excluding carboxylic acids is 2. The molecule has 0 radical (unpaired) electrons. The summed E-state index contributed by atoms with van der Waals surface area (Å²) in [6.07, 6.45) is 3.99. The summed E-state index contributed by atoms with van der Waals surface area (Å²) in [4.78, 5) is 30.0. The molecule has 0 spiro atoms. The zero-order valence-electron chi connectivity index (χ0n) is 16.1. The molecule has 1 aromatic heterocycles. The molecule has 1 saturated heterocycles. The summed E-state index contributed by atoms with van der Waals surface area (Å²) in [7, 11) is 0. The molecule has 0 bridgehead atoms. The summed E-state index contributed by atoms with van der Waals surface area (Å²) >= 11 is 0. The number of aryl methyl sites for hydroxylation is 1. The van der Waals surface area contributed by atoms with Gasteiger partial charge in [-0.05, 0) is 24.1 Å². The minimum absolute atomic E-state index is 0.0525. The quantitative estimate of drug-likeness (QED) is 0.668. The van der Waals surface area contributed by atoms with Crippen molar-refractivity contribution < 1.29 is 14.0 Å². The van der Waals surface area contributed by atoms with E-state index in [2.05, 4.69) is 10.3 Å². The molecule has 1 N–H and O–H groups in total. The first-order chi connectivity index (χ1) is 14.2. The topological polar surface area (TPSA) is 75.4 Å². The number of aromatic nitrogens is 1. The number of anilines is 1. The van der Waals surface area contributed by atoms with Crippen molar-refractivity contribution in [2.75, 3.05) is 11.4 Å². The Morgan fingerprint density at radius 3 is 2.62 bits per heavy atom. The average molecular weight is 389 g/mol. The lowest BCUT2D eigenvalue weighted by Crippen LogP contribution is -2.24. The van der Waals surface area contributed by atoms with Crippen molar-refractivity contribution in [3.05, 3.63) is 72.2 Å². The molecule has 1 aliphatic rings. The zero-order valence-corrected chi connectivity index (χ0v) is 16.1. The molecule has 0 saturated carbocycles. The molecule has 0 unspecified atom stereocenters. The van der Waals surface area contributed by atoms with E-state index in [0.29, 0.717) is 37.5 Å². The predicted octanol–water partition coefficient (Wildman–Crippen LogP) is 3.72. The Labute approximate surface area is 169 Å². The van der Waals surface area contributed by atoms with E-state index in [1.165, 1.54) is 0 Å². The molecule has 3 aromatic rings. The van der Waals surface area contributed by atoms with Crippen LogP contribution in [-0.4, -0.2) is 23.3 Å². The van der Waals surface area contributed by atoms with Crippen LogP contribution in [-0.2, 0) is 22.6 Å². The van der Waals surface area contributed by atoms with E-state index in [-0.39, 0.29) is 11.8 Å². The van der Waals surface area contributed by atoms with Crippen molar-refractivity contribution in [2.24, 2.45) is 0 Å². The van der Waals surface area contributed by atoms with Gasteiger partial charge in [-0.3, -0.25) is 9.59 Å². The first-order valence-corrected chi connectivity index (χ1v) is 9.85. The lowest BCUT2D eigenvalue weighted by molar-refractivity contribution is -0.121. The van der Waals surface area contributed by atoms with Gasteiger partial charge in [-0.1, -0.05) is 42.5 Å². The normalized spacial score (nSPS) is 13.7. The van der Waals surface area contributed by atoms with Crippen LogP contribution in [0.4, 0.5) is 5.69 Å². The Hall–Kier alpha value is -3.41. The average Bonchev–Trinajstić information content (AvgIpc) is 3.41. The third-order valence-electron chi connectivity index (χ3n) is 4.99. The molecule has 0 aliphatic carbocycles. The molecule has 1 fully saturated rings. The molecule has 2 aromatic carbocycles. The summed E-state index contributed by atoms with van der Waals surface area (Å²) in [5, 5.41) is 2.92. The highest BCUT2D eigenvalue weighted by Gasteiger charge is 2.21. The summed E-state index contributed by atoms with van der Waals surface area (Å²) in [5.74, 6) is 1.38. The molecule has 2 heterocycles. The number of nitrogens with one attached hydrogen (secondary N) is 1. The lowest BCUT2D eigenvalue weighted by atomic mass is 10.2. The van der Waals surface area contributed by atoms with Gasteiger partial charge >= 0.3 is 0 Å². The summed E-state index contributed by atoms with van der Waals surface area (Å²) < 4.78 is 5.73. The maximum absolute atomic E-state index is 12.2. The highest BCUT2D eigenvalue weighted by molar-refractivity contribution is 5.95. The summed E-state index contributed by atoms with van der Waals surface area (Å²) in [6.45, 7) is 1.23. The monoisotopic (exact) mass is 389 g/mol. The number of nitrogens with zero attached hydrogens (tertiary/aromatic N) is 2. The molecule has 6 nitrogen and oxygen atoms in total. The van der Waals surface area contributed by atoms with E-state index in [1.807, 2.05) is 59.5 Å². The van der Waals surface area contributed by atoms with Crippen molar-refractivity contribution in [2.45, 2.75) is 32.2 Å². The predicted molar refractivity (Wildman–Crippen MR) is 110 cm³/mol. The molecule has 0 atom stereocenters.